The molecule has 1 atom stereocenters. The minimum atomic E-state index is -0.903. The Morgan fingerprint density at radius 2 is 2.30 bits per heavy atom. The van der Waals surface area contributed by atoms with Gasteiger partial charge in [-0.25, -0.2) is 5.01 Å². The van der Waals surface area contributed by atoms with Crippen molar-refractivity contribution < 1.29 is 10.2 Å². The van der Waals surface area contributed by atoms with Crippen molar-refractivity contribution in [3.63, 3.8) is 0 Å². The van der Waals surface area contributed by atoms with Gasteiger partial charge in [0, 0.05) is 13.5 Å². The van der Waals surface area contributed by atoms with Crippen molar-refractivity contribution in [3.05, 3.63) is 11.8 Å². The molecule has 4 heteroatoms. The van der Waals surface area contributed by atoms with Crippen molar-refractivity contribution in [2.24, 2.45) is 5.84 Å². The summed E-state index contributed by atoms with van der Waals surface area (Å²) < 4.78 is 0. The second-order valence-electron chi connectivity index (χ2n) is 2.09. The molecular formula is C6H14N2O2. The Kier molecular flexibility index (Phi) is 4.02. The average molecular weight is 146 g/mol. The van der Waals surface area contributed by atoms with E-state index in [-0.39, 0.29) is 5.76 Å². The fraction of sp³-hybridized carbons (Fsp3) is 0.667. The Hall–Kier alpha value is -0.580. The third-order valence-electron chi connectivity index (χ3n) is 1.12. The van der Waals surface area contributed by atoms with Crippen LogP contribution in [-0.4, -0.2) is 28.5 Å². The second kappa shape index (κ2) is 4.27. The Morgan fingerprint density at radius 3 is 2.60 bits per heavy atom. The van der Waals surface area contributed by atoms with E-state index in [0.29, 0.717) is 6.42 Å². The molecule has 0 aliphatic heterocycles. The highest BCUT2D eigenvalue weighted by Crippen LogP contribution is 1.97. The summed E-state index contributed by atoms with van der Waals surface area (Å²) in [6.45, 7) is 1.79. The fourth-order valence-electron chi connectivity index (χ4n) is 0.407. The van der Waals surface area contributed by atoms with Crippen molar-refractivity contribution in [2.45, 2.75) is 19.6 Å². The Balaban J connectivity index is 3.86. The molecule has 60 valence electrons. The van der Waals surface area contributed by atoms with E-state index in [1.165, 1.54) is 13.1 Å². The highest BCUT2D eigenvalue weighted by atomic mass is 16.3. The number of allylic oxidation sites excluding steroid dienone is 1. The van der Waals surface area contributed by atoms with Crippen LogP contribution in [0.3, 0.4) is 0 Å². The largest absolute Gasteiger partial charge is 0.513 e. The van der Waals surface area contributed by atoms with Crippen LogP contribution in [0.5, 0.6) is 0 Å². The van der Waals surface area contributed by atoms with Gasteiger partial charge in [0.25, 0.3) is 0 Å². The molecule has 0 fully saturated rings. The highest BCUT2D eigenvalue weighted by Gasteiger charge is 2.02. The van der Waals surface area contributed by atoms with E-state index < -0.39 is 6.23 Å². The molecule has 0 heterocycles. The molecule has 0 saturated heterocycles. The maximum atomic E-state index is 8.99. The Bertz CT molecular complexity index is 123. The van der Waals surface area contributed by atoms with Crippen LogP contribution in [0.2, 0.25) is 0 Å². The number of nitrogens with zero attached hydrogens (tertiary/aromatic N) is 1. The Labute approximate surface area is 60.5 Å². The van der Waals surface area contributed by atoms with Gasteiger partial charge in [-0.15, -0.1) is 0 Å². The van der Waals surface area contributed by atoms with Crippen LogP contribution in [0.1, 0.15) is 13.3 Å². The third kappa shape index (κ3) is 3.45. The van der Waals surface area contributed by atoms with E-state index >= 15 is 0 Å². The number of hydrazine groups is 1. The van der Waals surface area contributed by atoms with E-state index in [4.69, 9.17) is 16.1 Å². The maximum Gasteiger partial charge on any atom is 0.141 e. The van der Waals surface area contributed by atoms with Crippen molar-refractivity contribution in [2.75, 3.05) is 7.05 Å². The van der Waals surface area contributed by atoms with Gasteiger partial charge in [-0.2, -0.15) is 0 Å². The van der Waals surface area contributed by atoms with Gasteiger partial charge in [0.1, 0.15) is 6.23 Å². The summed E-state index contributed by atoms with van der Waals surface area (Å²) in [6.07, 6.45) is 0.894. The van der Waals surface area contributed by atoms with Crippen molar-refractivity contribution in [1.29, 1.82) is 0 Å². The first-order chi connectivity index (χ1) is 4.57. The molecule has 0 aliphatic rings. The van der Waals surface area contributed by atoms with Gasteiger partial charge in [-0.05, 0) is 6.08 Å². The smallest absolute Gasteiger partial charge is 0.141 e. The zero-order chi connectivity index (χ0) is 8.15. The van der Waals surface area contributed by atoms with Crippen molar-refractivity contribution in [1.82, 2.24) is 5.01 Å². The fourth-order valence-corrected chi connectivity index (χ4v) is 0.407. The van der Waals surface area contributed by atoms with E-state index in [2.05, 4.69) is 0 Å². The predicted molar refractivity (Wildman–Crippen MR) is 39.0 cm³/mol. The summed E-state index contributed by atoms with van der Waals surface area (Å²) in [6, 6.07) is 0. The first-order valence-corrected chi connectivity index (χ1v) is 3.13. The lowest BCUT2D eigenvalue weighted by Gasteiger charge is -2.13. The van der Waals surface area contributed by atoms with E-state index in [1.807, 2.05) is 0 Å². The van der Waals surface area contributed by atoms with Crippen molar-refractivity contribution in [3.8, 4) is 0 Å². The van der Waals surface area contributed by atoms with Crippen LogP contribution < -0.4 is 5.84 Å². The van der Waals surface area contributed by atoms with Gasteiger partial charge < -0.3 is 10.2 Å². The van der Waals surface area contributed by atoms with Gasteiger partial charge in [-0.3, -0.25) is 5.84 Å². The van der Waals surface area contributed by atoms with Gasteiger partial charge in [0.05, 0.1) is 5.76 Å². The zero-order valence-corrected chi connectivity index (χ0v) is 6.28. The minimum Gasteiger partial charge on any atom is -0.513 e. The molecule has 10 heavy (non-hydrogen) atoms. The normalized spacial score (nSPS) is 15.9. The van der Waals surface area contributed by atoms with Crippen LogP contribution in [-0.2, 0) is 0 Å². The Morgan fingerprint density at radius 1 is 1.80 bits per heavy atom. The van der Waals surface area contributed by atoms with Crippen LogP contribution in [0.15, 0.2) is 11.8 Å². The number of rotatable bonds is 3. The topological polar surface area (TPSA) is 69.7 Å². The zero-order valence-electron chi connectivity index (χ0n) is 6.28. The molecule has 0 aromatic carbocycles. The first kappa shape index (κ1) is 9.42. The molecule has 0 radical (unpaired) electrons. The summed E-state index contributed by atoms with van der Waals surface area (Å²) in [5.74, 6) is 5.31. The summed E-state index contributed by atoms with van der Waals surface area (Å²) in [7, 11) is 1.52. The van der Waals surface area contributed by atoms with Gasteiger partial charge >= 0.3 is 0 Å². The number of hydrogen-bond acceptors (Lipinski definition) is 4. The average Bonchev–Trinajstić information content (AvgIpc) is 1.87. The summed E-state index contributed by atoms with van der Waals surface area (Å²) in [5.41, 5.74) is 0. The SMILES string of the molecule is CC/C(O)=C\C(O)N(C)N. The molecule has 0 aliphatic carbocycles. The molecule has 0 aromatic heterocycles. The lowest BCUT2D eigenvalue weighted by Crippen LogP contribution is -2.36. The molecule has 0 spiro atoms. The number of likely N-dealkylation sites (N-methyl/N-ethyl adjacent to an activating group) is 1. The predicted octanol–water partition coefficient (Wildman–Crippen LogP) is -0.0378. The molecule has 0 rings (SSSR count). The molecule has 0 bridgehead atoms. The van der Waals surface area contributed by atoms with E-state index in [0.717, 1.165) is 5.01 Å². The molecule has 0 saturated carbocycles. The summed E-state index contributed by atoms with van der Waals surface area (Å²) in [5, 5.41) is 19.0. The number of nitrogens with two attached hydrogens (primary N) is 1. The highest BCUT2D eigenvalue weighted by molar-refractivity contribution is 4.93. The molecule has 4 nitrogen and oxygen atoms in total. The third-order valence-corrected chi connectivity index (χ3v) is 1.12. The van der Waals surface area contributed by atoms with E-state index in [9.17, 15) is 0 Å². The van der Waals surface area contributed by atoms with Crippen LogP contribution in [0, 0.1) is 0 Å². The van der Waals surface area contributed by atoms with Gasteiger partial charge in [0.2, 0.25) is 0 Å². The lowest BCUT2D eigenvalue weighted by atomic mass is 10.3. The van der Waals surface area contributed by atoms with Gasteiger partial charge in [0.15, 0.2) is 0 Å². The monoisotopic (exact) mass is 146 g/mol. The maximum absolute atomic E-state index is 8.99. The lowest BCUT2D eigenvalue weighted by molar-refractivity contribution is 0.0599. The number of hydrogen-bond donors (Lipinski definition) is 3. The van der Waals surface area contributed by atoms with E-state index in [1.54, 1.807) is 6.92 Å². The standard InChI is InChI=1S/C6H14N2O2/c1-3-5(9)4-6(10)8(2)7/h4,6,9-10H,3,7H2,1-2H3/b5-4+. The molecule has 0 aromatic rings. The molecule has 1 unspecified atom stereocenters. The second-order valence-corrected chi connectivity index (χ2v) is 2.09. The number of aliphatic hydroxyl groups is 2. The van der Waals surface area contributed by atoms with Crippen LogP contribution in [0.25, 0.3) is 0 Å². The summed E-state index contributed by atoms with van der Waals surface area (Å²) in [4.78, 5) is 0. The minimum absolute atomic E-state index is 0.143. The molecular weight excluding hydrogens is 132 g/mol. The molecule has 4 N–H and O–H groups in total. The van der Waals surface area contributed by atoms with Crippen LogP contribution in [0.4, 0.5) is 0 Å². The molecule has 0 amide bonds. The van der Waals surface area contributed by atoms with Gasteiger partial charge in [-0.1, -0.05) is 6.92 Å². The number of aliphatic hydroxyl groups excluding tert-OH is 2. The van der Waals surface area contributed by atoms with Crippen LogP contribution >= 0.6 is 0 Å². The van der Waals surface area contributed by atoms with Crippen molar-refractivity contribution >= 4 is 0 Å². The summed E-state index contributed by atoms with van der Waals surface area (Å²) >= 11 is 0. The first-order valence-electron chi connectivity index (χ1n) is 3.13. The quantitative estimate of drug-likeness (QED) is 0.226.